The molecule has 25 heavy (non-hydrogen) atoms. The number of aryl methyl sites for hydroxylation is 1. The van der Waals surface area contributed by atoms with Crippen LogP contribution >= 0.6 is 0 Å². The zero-order valence-corrected chi connectivity index (χ0v) is 15.6. The zero-order valence-electron chi connectivity index (χ0n) is 15.6. The minimum Gasteiger partial charge on any atom is -0.459 e. The van der Waals surface area contributed by atoms with E-state index in [1.807, 2.05) is 6.92 Å². The minimum absolute atomic E-state index is 0.156. The first kappa shape index (κ1) is 19.3. The maximum atomic E-state index is 11.9. The third-order valence-corrected chi connectivity index (χ3v) is 4.78. The number of rotatable bonds is 9. The van der Waals surface area contributed by atoms with E-state index in [9.17, 15) is 4.79 Å². The Kier molecular flexibility index (Phi) is 8.35. The Morgan fingerprint density at radius 1 is 1.16 bits per heavy atom. The van der Waals surface area contributed by atoms with Crippen molar-refractivity contribution in [2.75, 3.05) is 26.7 Å². The number of hydrogen-bond acceptors (Lipinski definition) is 3. The van der Waals surface area contributed by atoms with E-state index < -0.39 is 0 Å². The fourth-order valence-corrected chi connectivity index (χ4v) is 3.30. The van der Waals surface area contributed by atoms with E-state index in [1.54, 1.807) is 13.1 Å². The number of amides is 1. The van der Waals surface area contributed by atoms with Crippen LogP contribution in [0.5, 0.6) is 0 Å². The monoisotopic (exact) mass is 348 g/mol. The molecule has 3 N–H and O–H groups in total. The molecule has 1 saturated carbocycles. The smallest absolute Gasteiger partial charge is 0.287 e. The van der Waals surface area contributed by atoms with Gasteiger partial charge in [0, 0.05) is 32.2 Å². The van der Waals surface area contributed by atoms with Crippen LogP contribution in [0.25, 0.3) is 0 Å². The van der Waals surface area contributed by atoms with E-state index >= 15 is 0 Å². The Labute approximate surface area is 150 Å². The number of nitrogens with one attached hydrogen (secondary N) is 3. The van der Waals surface area contributed by atoms with Gasteiger partial charge in [-0.15, -0.1) is 0 Å². The zero-order chi connectivity index (χ0) is 17.9. The molecule has 6 heteroatoms. The molecule has 6 nitrogen and oxygen atoms in total. The van der Waals surface area contributed by atoms with Crippen LogP contribution in [0.3, 0.4) is 0 Å². The Hall–Kier alpha value is -1.98. The summed E-state index contributed by atoms with van der Waals surface area (Å²) in [5.41, 5.74) is 0.859. The lowest BCUT2D eigenvalue weighted by Crippen LogP contribution is -2.39. The molecular formula is C19H32N4O2. The van der Waals surface area contributed by atoms with Crippen molar-refractivity contribution in [1.82, 2.24) is 16.0 Å². The SMILES string of the molecule is CN=C(NCCCNC(=O)c1occc1C)NCCCC1CCCC1. The highest BCUT2D eigenvalue weighted by atomic mass is 16.3. The molecule has 0 atom stereocenters. The van der Waals surface area contributed by atoms with Crippen LogP contribution in [0.4, 0.5) is 0 Å². The van der Waals surface area contributed by atoms with Crippen molar-refractivity contribution in [1.29, 1.82) is 0 Å². The van der Waals surface area contributed by atoms with Gasteiger partial charge in [-0.3, -0.25) is 9.79 Å². The molecule has 140 valence electrons. The van der Waals surface area contributed by atoms with Crippen LogP contribution in [0, 0.1) is 12.8 Å². The normalized spacial score (nSPS) is 15.4. The van der Waals surface area contributed by atoms with Gasteiger partial charge in [-0.25, -0.2) is 0 Å². The third kappa shape index (κ3) is 6.80. The van der Waals surface area contributed by atoms with E-state index in [2.05, 4.69) is 20.9 Å². The van der Waals surface area contributed by atoms with Crippen molar-refractivity contribution in [2.45, 2.75) is 51.9 Å². The second-order valence-corrected chi connectivity index (χ2v) is 6.76. The molecule has 0 radical (unpaired) electrons. The largest absolute Gasteiger partial charge is 0.459 e. The fourth-order valence-electron chi connectivity index (χ4n) is 3.30. The molecule has 1 aliphatic carbocycles. The molecule has 0 aromatic carbocycles. The highest BCUT2D eigenvalue weighted by Crippen LogP contribution is 2.28. The van der Waals surface area contributed by atoms with Gasteiger partial charge < -0.3 is 20.4 Å². The molecule has 0 saturated heterocycles. The number of guanidine groups is 1. The topological polar surface area (TPSA) is 78.7 Å². The lowest BCUT2D eigenvalue weighted by atomic mass is 10.0. The maximum Gasteiger partial charge on any atom is 0.287 e. The summed E-state index contributed by atoms with van der Waals surface area (Å²) in [6, 6.07) is 1.79. The third-order valence-electron chi connectivity index (χ3n) is 4.78. The Balaban J connectivity index is 1.50. The lowest BCUT2D eigenvalue weighted by molar-refractivity contribution is 0.0925. The number of carbonyl (C=O) groups is 1. The van der Waals surface area contributed by atoms with Crippen molar-refractivity contribution in [3.05, 3.63) is 23.7 Å². The number of nitrogens with zero attached hydrogens (tertiary/aromatic N) is 1. The molecule has 0 bridgehead atoms. The van der Waals surface area contributed by atoms with Gasteiger partial charge in [0.1, 0.15) is 0 Å². The van der Waals surface area contributed by atoms with E-state index in [0.717, 1.165) is 37.0 Å². The van der Waals surface area contributed by atoms with Gasteiger partial charge in [-0.2, -0.15) is 0 Å². The fraction of sp³-hybridized carbons (Fsp3) is 0.684. The summed E-state index contributed by atoms with van der Waals surface area (Å²) in [4.78, 5) is 16.1. The van der Waals surface area contributed by atoms with Gasteiger partial charge in [0.05, 0.1) is 6.26 Å². The van der Waals surface area contributed by atoms with Crippen molar-refractivity contribution >= 4 is 11.9 Å². The quantitative estimate of drug-likeness (QED) is 0.364. The summed E-state index contributed by atoms with van der Waals surface area (Å²) in [6.07, 6.45) is 10.5. The van der Waals surface area contributed by atoms with Crippen molar-refractivity contribution in [3.63, 3.8) is 0 Å². The number of furan rings is 1. The molecular weight excluding hydrogens is 316 g/mol. The van der Waals surface area contributed by atoms with E-state index in [1.165, 1.54) is 44.8 Å². The minimum atomic E-state index is -0.156. The van der Waals surface area contributed by atoms with Gasteiger partial charge in [0.15, 0.2) is 11.7 Å². The van der Waals surface area contributed by atoms with Crippen LogP contribution < -0.4 is 16.0 Å². The predicted molar refractivity (Wildman–Crippen MR) is 101 cm³/mol. The lowest BCUT2D eigenvalue weighted by Gasteiger charge is -2.13. The summed E-state index contributed by atoms with van der Waals surface area (Å²) in [6.45, 7) is 4.19. The van der Waals surface area contributed by atoms with Crippen LogP contribution in [0.2, 0.25) is 0 Å². The summed E-state index contributed by atoms with van der Waals surface area (Å²) in [5.74, 6) is 2.02. The average molecular weight is 348 g/mol. The molecule has 2 rings (SSSR count). The standard InChI is InChI=1S/C19H32N4O2/c1-15-10-14-25-17(15)18(24)21-12-6-13-23-19(20-2)22-11-5-9-16-7-3-4-8-16/h10,14,16H,3-9,11-13H2,1-2H3,(H,21,24)(H2,20,22,23). The first-order valence-electron chi connectivity index (χ1n) is 9.47. The van der Waals surface area contributed by atoms with Gasteiger partial charge >= 0.3 is 0 Å². The molecule has 1 aliphatic rings. The second-order valence-electron chi connectivity index (χ2n) is 6.76. The van der Waals surface area contributed by atoms with Gasteiger partial charge in [0.25, 0.3) is 5.91 Å². The van der Waals surface area contributed by atoms with E-state index in [-0.39, 0.29) is 5.91 Å². The Bertz CT molecular complexity index is 547. The first-order chi connectivity index (χ1) is 12.2. The molecule has 0 spiro atoms. The molecule has 1 amide bonds. The molecule has 0 unspecified atom stereocenters. The van der Waals surface area contributed by atoms with Crippen LogP contribution in [0.15, 0.2) is 21.7 Å². The first-order valence-corrected chi connectivity index (χ1v) is 9.47. The highest BCUT2D eigenvalue weighted by Gasteiger charge is 2.14. The van der Waals surface area contributed by atoms with Crippen molar-refractivity contribution in [2.24, 2.45) is 10.9 Å². The van der Waals surface area contributed by atoms with Crippen LogP contribution in [0.1, 0.15) is 61.1 Å². The predicted octanol–water partition coefficient (Wildman–Crippen LogP) is 2.84. The van der Waals surface area contributed by atoms with Crippen LogP contribution in [-0.2, 0) is 0 Å². The van der Waals surface area contributed by atoms with Crippen LogP contribution in [-0.4, -0.2) is 38.5 Å². The number of carbonyl (C=O) groups excluding carboxylic acids is 1. The molecule has 1 aromatic heterocycles. The summed E-state index contributed by atoms with van der Waals surface area (Å²) in [7, 11) is 1.79. The molecule has 0 aliphatic heterocycles. The Morgan fingerprint density at radius 2 is 1.84 bits per heavy atom. The van der Waals surface area contributed by atoms with E-state index in [0.29, 0.717) is 12.3 Å². The molecule has 1 heterocycles. The molecule has 1 fully saturated rings. The van der Waals surface area contributed by atoms with Gasteiger partial charge in [0.2, 0.25) is 0 Å². The summed E-state index contributed by atoms with van der Waals surface area (Å²) in [5, 5.41) is 9.51. The molecule has 1 aromatic rings. The number of hydrogen-bond donors (Lipinski definition) is 3. The van der Waals surface area contributed by atoms with Crippen molar-refractivity contribution in [3.8, 4) is 0 Å². The number of aliphatic imine (C=N–C) groups is 1. The van der Waals surface area contributed by atoms with Crippen molar-refractivity contribution < 1.29 is 9.21 Å². The van der Waals surface area contributed by atoms with Gasteiger partial charge in [-0.1, -0.05) is 25.7 Å². The Morgan fingerprint density at radius 3 is 2.48 bits per heavy atom. The van der Waals surface area contributed by atoms with E-state index in [4.69, 9.17) is 4.42 Å². The highest BCUT2D eigenvalue weighted by molar-refractivity contribution is 5.92. The average Bonchev–Trinajstić information content (AvgIpc) is 3.27. The summed E-state index contributed by atoms with van der Waals surface area (Å²) < 4.78 is 5.17. The summed E-state index contributed by atoms with van der Waals surface area (Å²) >= 11 is 0. The van der Waals surface area contributed by atoms with Gasteiger partial charge in [-0.05, 0) is 38.2 Å². The maximum absolute atomic E-state index is 11.9. The second kappa shape index (κ2) is 10.8.